The highest BCUT2D eigenvalue weighted by molar-refractivity contribution is 6.10. The monoisotopic (exact) mass is 852 g/mol. The van der Waals surface area contributed by atoms with Crippen molar-refractivity contribution in [3.63, 3.8) is 0 Å². The van der Waals surface area contributed by atoms with Crippen molar-refractivity contribution in [2.45, 2.75) is 52.4 Å². The molecule has 3 aromatic heterocycles. The van der Waals surface area contributed by atoms with Gasteiger partial charge in [-0.15, -0.1) is 0 Å². The van der Waals surface area contributed by atoms with Crippen LogP contribution >= 0.6 is 0 Å². The molecule has 4 nitrogen and oxygen atoms in total. The summed E-state index contributed by atoms with van der Waals surface area (Å²) < 4.78 is 4.81. The summed E-state index contributed by atoms with van der Waals surface area (Å²) >= 11 is 0. The summed E-state index contributed by atoms with van der Waals surface area (Å²) in [5.41, 5.74) is 18.8. The van der Waals surface area contributed by atoms with E-state index < -0.39 is 0 Å². The average molecular weight is 853 g/mol. The second kappa shape index (κ2) is 16.0. The molecule has 0 amide bonds. The fourth-order valence-corrected chi connectivity index (χ4v) is 9.51. The van der Waals surface area contributed by atoms with Crippen molar-refractivity contribution >= 4 is 32.8 Å². The van der Waals surface area contributed by atoms with Crippen LogP contribution in [0.25, 0.3) is 100 Å². The van der Waals surface area contributed by atoms with E-state index in [2.05, 4.69) is 251 Å². The van der Waals surface area contributed by atoms with Crippen LogP contribution in [-0.2, 0) is 10.8 Å². The first-order chi connectivity index (χ1) is 32.0. The van der Waals surface area contributed by atoms with Gasteiger partial charge >= 0.3 is 0 Å². The summed E-state index contributed by atoms with van der Waals surface area (Å²) in [5.74, 6) is 0.836. The van der Waals surface area contributed by atoms with Gasteiger partial charge in [0.05, 0.1) is 33.4 Å². The van der Waals surface area contributed by atoms with Crippen LogP contribution in [0, 0.1) is 0 Å². The number of para-hydroxylation sites is 1. The first-order valence-corrected chi connectivity index (χ1v) is 23.0. The largest absolute Gasteiger partial charge is 0.279 e. The molecule has 0 saturated heterocycles. The van der Waals surface area contributed by atoms with E-state index >= 15 is 0 Å². The molecule has 320 valence electrons. The molecule has 0 aliphatic heterocycles. The van der Waals surface area contributed by atoms with Gasteiger partial charge in [-0.25, -0.2) is 4.98 Å². The Morgan fingerprint density at radius 1 is 0.364 bits per heavy atom. The molecule has 0 bridgehead atoms. The zero-order valence-corrected chi connectivity index (χ0v) is 38.4. The van der Waals surface area contributed by atoms with E-state index in [1.807, 2.05) is 6.20 Å². The Morgan fingerprint density at radius 2 is 0.909 bits per heavy atom. The number of pyridine rings is 1. The van der Waals surface area contributed by atoms with Crippen LogP contribution in [0.15, 0.2) is 206 Å². The molecule has 0 fully saturated rings. The van der Waals surface area contributed by atoms with Crippen LogP contribution in [0.2, 0.25) is 0 Å². The van der Waals surface area contributed by atoms with Gasteiger partial charge in [-0.3, -0.25) is 14.1 Å². The van der Waals surface area contributed by atoms with Gasteiger partial charge in [0, 0.05) is 33.7 Å². The van der Waals surface area contributed by atoms with Gasteiger partial charge < -0.3 is 0 Å². The Kier molecular flexibility index (Phi) is 9.92. The highest BCUT2D eigenvalue weighted by Crippen LogP contribution is 2.42. The first-order valence-electron chi connectivity index (χ1n) is 23.0. The molecule has 0 radical (unpaired) electrons. The number of rotatable bonds is 7. The summed E-state index contributed by atoms with van der Waals surface area (Å²) in [7, 11) is 0. The summed E-state index contributed by atoms with van der Waals surface area (Å²) in [5, 5.41) is 2.45. The van der Waals surface area contributed by atoms with Gasteiger partial charge in [-0.1, -0.05) is 181 Å². The Labute approximate surface area is 387 Å². The van der Waals surface area contributed by atoms with Gasteiger partial charge in [0.2, 0.25) is 5.95 Å². The van der Waals surface area contributed by atoms with E-state index in [9.17, 15) is 0 Å². The van der Waals surface area contributed by atoms with Crippen molar-refractivity contribution in [2.24, 2.45) is 0 Å². The first kappa shape index (κ1) is 40.9. The third-order valence-corrected chi connectivity index (χ3v) is 13.1. The molecular weight excluding hydrogens is 801 g/mol. The van der Waals surface area contributed by atoms with Crippen molar-refractivity contribution < 1.29 is 0 Å². The molecule has 4 heteroatoms. The van der Waals surface area contributed by atoms with Crippen LogP contribution in [0.1, 0.15) is 52.7 Å². The molecule has 11 aromatic rings. The molecule has 0 aliphatic rings. The van der Waals surface area contributed by atoms with E-state index in [4.69, 9.17) is 9.97 Å². The van der Waals surface area contributed by atoms with Crippen molar-refractivity contribution in [1.29, 1.82) is 0 Å². The highest BCUT2D eigenvalue weighted by atomic mass is 15.2. The van der Waals surface area contributed by atoms with Gasteiger partial charge in [0.25, 0.3) is 0 Å². The maximum atomic E-state index is 5.83. The number of benzene rings is 8. The Bertz CT molecular complexity index is 3510. The maximum absolute atomic E-state index is 5.83. The van der Waals surface area contributed by atoms with E-state index in [-0.39, 0.29) is 10.8 Å². The molecule has 11 rings (SSSR count). The number of fused-ring (bicyclic) bond motifs is 4. The third kappa shape index (κ3) is 7.29. The number of imidazole rings is 1. The molecular formula is C62H52N4. The zero-order valence-electron chi connectivity index (χ0n) is 38.4. The van der Waals surface area contributed by atoms with Gasteiger partial charge in [0.15, 0.2) is 0 Å². The van der Waals surface area contributed by atoms with Gasteiger partial charge in [0.1, 0.15) is 0 Å². The van der Waals surface area contributed by atoms with Crippen LogP contribution < -0.4 is 0 Å². The van der Waals surface area contributed by atoms with E-state index in [0.717, 1.165) is 78.3 Å². The lowest BCUT2D eigenvalue weighted by Crippen LogP contribution is -2.11. The van der Waals surface area contributed by atoms with Crippen LogP contribution in [-0.4, -0.2) is 19.1 Å². The predicted octanol–water partition coefficient (Wildman–Crippen LogP) is 16.4. The lowest BCUT2D eigenvalue weighted by molar-refractivity contribution is 0.590. The SMILES string of the molecule is CC(C)(C)c1ccc2c(c1)c1cc(C(C)(C)C)ccc1n2-c1nc2c(-c3cccc(-c4cc(-c5ccccc5)ccn4)c3)cccc2n1-c1ccc(-c2ccccc2)cc1-c1ccccc1. The Hall–Kier alpha value is -7.82. The van der Waals surface area contributed by atoms with Crippen molar-refractivity contribution in [2.75, 3.05) is 0 Å². The van der Waals surface area contributed by atoms with E-state index in [1.165, 1.54) is 33.0 Å². The summed E-state index contributed by atoms with van der Waals surface area (Å²) in [6.45, 7) is 13.8. The highest BCUT2D eigenvalue weighted by Gasteiger charge is 2.26. The molecule has 3 heterocycles. The predicted molar refractivity (Wildman–Crippen MR) is 278 cm³/mol. The molecule has 0 aliphatic carbocycles. The third-order valence-electron chi connectivity index (χ3n) is 13.1. The average Bonchev–Trinajstić information content (AvgIpc) is 3.89. The lowest BCUT2D eigenvalue weighted by Gasteiger charge is -2.19. The molecule has 0 spiro atoms. The van der Waals surface area contributed by atoms with E-state index in [0.29, 0.717) is 0 Å². The van der Waals surface area contributed by atoms with Gasteiger partial charge in [-0.05, 0) is 116 Å². The second-order valence-electron chi connectivity index (χ2n) is 19.6. The van der Waals surface area contributed by atoms with Crippen LogP contribution in [0.3, 0.4) is 0 Å². The fourth-order valence-electron chi connectivity index (χ4n) is 9.51. The number of aromatic nitrogens is 4. The van der Waals surface area contributed by atoms with Crippen molar-refractivity contribution in [3.05, 3.63) is 218 Å². The van der Waals surface area contributed by atoms with Gasteiger partial charge in [-0.2, -0.15) is 0 Å². The quantitative estimate of drug-likeness (QED) is 0.160. The molecule has 0 atom stereocenters. The number of hydrogen-bond acceptors (Lipinski definition) is 2. The smallest absolute Gasteiger partial charge is 0.220 e. The Morgan fingerprint density at radius 3 is 1.52 bits per heavy atom. The van der Waals surface area contributed by atoms with E-state index in [1.54, 1.807) is 0 Å². The lowest BCUT2D eigenvalue weighted by atomic mass is 9.85. The summed E-state index contributed by atoms with van der Waals surface area (Å²) in [4.78, 5) is 10.7. The second-order valence-corrected chi connectivity index (χ2v) is 19.6. The summed E-state index contributed by atoms with van der Waals surface area (Å²) in [6, 6.07) is 72.5. The van der Waals surface area contributed by atoms with Crippen LogP contribution in [0.5, 0.6) is 0 Å². The molecule has 66 heavy (non-hydrogen) atoms. The normalized spacial score (nSPS) is 12.1. The molecule has 0 saturated carbocycles. The minimum Gasteiger partial charge on any atom is -0.279 e. The molecule has 0 N–H and O–H groups in total. The Balaban J connectivity index is 1.21. The van der Waals surface area contributed by atoms with Crippen molar-refractivity contribution in [1.82, 2.24) is 19.1 Å². The number of hydrogen-bond donors (Lipinski definition) is 0. The maximum Gasteiger partial charge on any atom is 0.220 e. The summed E-state index contributed by atoms with van der Waals surface area (Å²) in [6.07, 6.45) is 1.91. The zero-order chi connectivity index (χ0) is 45.2. The minimum absolute atomic E-state index is 0.0235. The fraction of sp³-hybridized carbons (Fsp3) is 0.129. The topological polar surface area (TPSA) is 35.6 Å². The van der Waals surface area contributed by atoms with Crippen LogP contribution in [0.4, 0.5) is 0 Å². The minimum atomic E-state index is -0.0235. The number of nitrogens with zero attached hydrogens (tertiary/aromatic N) is 4. The molecule has 8 aromatic carbocycles. The standard InChI is InChI=1S/C62H52N4/c1-61(2,3)48-29-32-56-52(39-48)53-40-49(62(4,5)6)30-33-57(53)65(56)60-64-59-50(46-24-16-25-47(36-46)54-38-45(34-35-63-54)42-20-12-8-13-21-42)26-17-27-58(59)66(60)55-31-28-44(41-18-10-7-11-19-41)37-51(55)43-22-14-9-15-23-43/h7-40H,1-6H3. The van der Waals surface area contributed by atoms with Crippen molar-refractivity contribution in [3.8, 4) is 67.4 Å². The molecule has 0 unspecified atom stereocenters.